The van der Waals surface area contributed by atoms with Gasteiger partial charge in [-0.05, 0) is 50.9 Å². The highest BCUT2D eigenvalue weighted by atomic mass is 35.5. The zero-order valence-corrected chi connectivity index (χ0v) is 16.2. The molecule has 2 amide bonds. The summed E-state index contributed by atoms with van der Waals surface area (Å²) in [6.07, 6.45) is 1.97. The van der Waals surface area contributed by atoms with Gasteiger partial charge < -0.3 is 15.5 Å². The minimum absolute atomic E-state index is 0.0617. The average molecular weight is 386 g/mol. The summed E-state index contributed by atoms with van der Waals surface area (Å²) < 4.78 is 0. The molecule has 25 heavy (non-hydrogen) atoms. The number of hydrogen-bond acceptors (Lipinski definition) is 3. The van der Waals surface area contributed by atoms with Gasteiger partial charge in [0.1, 0.15) is 6.04 Å². The number of rotatable bonds is 6. The van der Waals surface area contributed by atoms with Gasteiger partial charge >= 0.3 is 0 Å². The van der Waals surface area contributed by atoms with E-state index in [9.17, 15) is 9.59 Å². The number of hydrogen-bond donors (Lipinski definition) is 2. The van der Waals surface area contributed by atoms with Crippen LogP contribution in [0.1, 0.15) is 37.0 Å². The van der Waals surface area contributed by atoms with E-state index in [-0.39, 0.29) is 16.5 Å². The van der Waals surface area contributed by atoms with E-state index in [1.165, 1.54) is 0 Å². The van der Waals surface area contributed by atoms with Crippen molar-refractivity contribution in [1.82, 2.24) is 15.5 Å². The smallest absolute Gasteiger partial charge is 0.253 e. The van der Waals surface area contributed by atoms with Gasteiger partial charge in [-0.2, -0.15) is 0 Å². The van der Waals surface area contributed by atoms with E-state index in [2.05, 4.69) is 17.6 Å². The van der Waals surface area contributed by atoms with E-state index in [4.69, 9.17) is 23.2 Å². The van der Waals surface area contributed by atoms with Crippen molar-refractivity contribution < 1.29 is 9.59 Å². The van der Waals surface area contributed by atoms with Gasteiger partial charge in [-0.1, -0.05) is 36.2 Å². The zero-order chi connectivity index (χ0) is 18.4. The van der Waals surface area contributed by atoms with E-state index in [0.717, 1.165) is 39.0 Å². The van der Waals surface area contributed by atoms with E-state index < -0.39 is 11.9 Å². The summed E-state index contributed by atoms with van der Waals surface area (Å²) >= 11 is 12.0. The number of carbonyl (C=O) groups is 2. The Balaban J connectivity index is 1.88. The third-order valence-electron chi connectivity index (χ3n) is 4.52. The fraction of sp³-hybridized carbons (Fsp3) is 0.556. The molecule has 1 aromatic carbocycles. The molecule has 2 N–H and O–H groups in total. The van der Waals surface area contributed by atoms with Crippen LogP contribution in [0, 0.1) is 5.92 Å². The molecule has 5 nitrogen and oxygen atoms in total. The summed E-state index contributed by atoms with van der Waals surface area (Å²) in [6.45, 7) is 7.21. The number of amides is 2. The Morgan fingerprint density at radius 1 is 1.28 bits per heavy atom. The number of nitrogens with one attached hydrogen (secondary N) is 2. The summed E-state index contributed by atoms with van der Waals surface area (Å²) in [5.41, 5.74) is 0.276. The molecule has 0 saturated carbocycles. The molecular weight excluding hydrogens is 361 g/mol. The molecule has 2 rings (SSSR count). The van der Waals surface area contributed by atoms with Crippen LogP contribution in [0.2, 0.25) is 10.0 Å². The minimum atomic E-state index is -0.604. The fourth-order valence-electron chi connectivity index (χ4n) is 3.00. The van der Waals surface area contributed by atoms with Gasteiger partial charge in [0.25, 0.3) is 5.91 Å². The van der Waals surface area contributed by atoms with Crippen LogP contribution < -0.4 is 10.6 Å². The predicted molar refractivity (Wildman–Crippen MR) is 101 cm³/mol. The maximum absolute atomic E-state index is 12.6. The third-order valence-corrected chi connectivity index (χ3v) is 5.34. The Hall–Kier alpha value is -1.30. The normalized spacial score (nSPS) is 16.6. The number of halogens is 2. The molecule has 1 atom stereocenters. The highest BCUT2D eigenvalue weighted by molar-refractivity contribution is 6.43. The van der Waals surface area contributed by atoms with Crippen LogP contribution in [0.5, 0.6) is 0 Å². The second-order valence-corrected chi connectivity index (χ2v) is 7.16. The van der Waals surface area contributed by atoms with Crippen molar-refractivity contribution >= 4 is 35.0 Å². The van der Waals surface area contributed by atoms with Crippen molar-refractivity contribution in [2.75, 3.05) is 26.2 Å². The van der Waals surface area contributed by atoms with E-state index in [1.54, 1.807) is 25.1 Å². The molecule has 0 bridgehead atoms. The Bertz CT molecular complexity index is 616. The number of likely N-dealkylation sites (tertiary alicyclic amines) is 1. The number of benzene rings is 1. The highest BCUT2D eigenvalue weighted by Gasteiger charge is 2.27. The molecule has 1 saturated heterocycles. The van der Waals surface area contributed by atoms with Gasteiger partial charge in [0.15, 0.2) is 0 Å². The SMILES string of the molecule is CCNCC1CCN(C(=O)C(C)NC(=O)c2cccc(Cl)c2Cl)CC1. The maximum Gasteiger partial charge on any atom is 0.253 e. The van der Waals surface area contributed by atoms with Crippen LogP contribution in [0.15, 0.2) is 18.2 Å². The van der Waals surface area contributed by atoms with Crippen molar-refractivity contribution in [3.8, 4) is 0 Å². The van der Waals surface area contributed by atoms with Gasteiger partial charge in [0, 0.05) is 13.1 Å². The molecular formula is C18H25Cl2N3O2. The van der Waals surface area contributed by atoms with Gasteiger partial charge in [0.05, 0.1) is 15.6 Å². The first-order chi connectivity index (χ1) is 11.9. The van der Waals surface area contributed by atoms with Crippen molar-refractivity contribution in [3.05, 3.63) is 33.8 Å². The average Bonchev–Trinajstić information content (AvgIpc) is 2.61. The molecule has 1 unspecified atom stereocenters. The minimum Gasteiger partial charge on any atom is -0.341 e. The summed E-state index contributed by atoms with van der Waals surface area (Å²) in [5.74, 6) is 0.156. The van der Waals surface area contributed by atoms with Crippen molar-refractivity contribution in [2.45, 2.75) is 32.7 Å². The molecule has 1 aliphatic rings. The largest absolute Gasteiger partial charge is 0.341 e. The van der Waals surface area contributed by atoms with Crippen LogP contribution in [-0.2, 0) is 4.79 Å². The molecule has 138 valence electrons. The first-order valence-electron chi connectivity index (χ1n) is 8.68. The van der Waals surface area contributed by atoms with Gasteiger partial charge in [-0.15, -0.1) is 0 Å². The maximum atomic E-state index is 12.6. The van der Waals surface area contributed by atoms with Crippen molar-refractivity contribution in [2.24, 2.45) is 5.92 Å². The van der Waals surface area contributed by atoms with Crippen molar-refractivity contribution in [1.29, 1.82) is 0 Å². The summed E-state index contributed by atoms with van der Waals surface area (Å²) in [6, 6.07) is 4.26. The van der Waals surface area contributed by atoms with E-state index >= 15 is 0 Å². The van der Waals surface area contributed by atoms with Crippen LogP contribution >= 0.6 is 23.2 Å². The first kappa shape index (κ1) is 20.0. The van der Waals surface area contributed by atoms with E-state index in [1.807, 2.05) is 4.90 Å². The lowest BCUT2D eigenvalue weighted by Crippen LogP contribution is -2.50. The lowest BCUT2D eigenvalue weighted by molar-refractivity contribution is -0.134. The highest BCUT2D eigenvalue weighted by Crippen LogP contribution is 2.25. The zero-order valence-electron chi connectivity index (χ0n) is 14.6. The lowest BCUT2D eigenvalue weighted by atomic mass is 9.96. The number of piperidine rings is 1. The Morgan fingerprint density at radius 3 is 2.60 bits per heavy atom. The third kappa shape index (κ3) is 5.33. The monoisotopic (exact) mass is 385 g/mol. The second kappa shape index (κ2) is 9.41. The van der Waals surface area contributed by atoms with Crippen LogP contribution in [0.25, 0.3) is 0 Å². The van der Waals surface area contributed by atoms with Crippen molar-refractivity contribution in [3.63, 3.8) is 0 Å². The topological polar surface area (TPSA) is 61.4 Å². The summed E-state index contributed by atoms with van der Waals surface area (Å²) in [4.78, 5) is 26.8. The predicted octanol–water partition coefficient (Wildman–Crippen LogP) is 2.96. The lowest BCUT2D eigenvalue weighted by Gasteiger charge is -2.33. The molecule has 1 heterocycles. The second-order valence-electron chi connectivity index (χ2n) is 6.37. The Labute approximate surface area is 159 Å². The quantitative estimate of drug-likeness (QED) is 0.790. The van der Waals surface area contributed by atoms with Crippen LogP contribution in [-0.4, -0.2) is 48.9 Å². The van der Waals surface area contributed by atoms with Gasteiger partial charge in [0.2, 0.25) is 5.91 Å². The Morgan fingerprint density at radius 2 is 1.96 bits per heavy atom. The Kier molecular flexibility index (Phi) is 7.54. The molecule has 1 aromatic rings. The van der Waals surface area contributed by atoms with Crippen LogP contribution in [0.4, 0.5) is 0 Å². The number of carbonyl (C=O) groups excluding carboxylic acids is 2. The number of nitrogens with zero attached hydrogens (tertiary/aromatic N) is 1. The fourth-order valence-corrected chi connectivity index (χ4v) is 3.38. The molecule has 1 fully saturated rings. The van der Waals surface area contributed by atoms with Crippen LogP contribution in [0.3, 0.4) is 0 Å². The first-order valence-corrected chi connectivity index (χ1v) is 9.44. The van der Waals surface area contributed by atoms with Gasteiger partial charge in [-0.3, -0.25) is 9.59 Å². The molecule has 0 aliphatic carbocycles. The summed E-state index contributed by atoms with van der Waals surface area (Å²) in [5, 5.41) is 6.59. The molecule has 0 spiro atoms. The molecule has 0 aromatic heterocycles. The molecule has 7 heteroatoms. The molecule has 1 aliphatic heterocycles. The summed E-state index contributed by atoms with van der Waals surface area (Å²) in [7, 11) is 0. The van der Waals surface area contributed by atoms with E-state index in [0.29, 0.717) is 10.9 Å². The standard InChI is InChI=1S/C18H25Cl2N3O2/c1-3-21-11-13-7-9-23(10-8-13)18(25)12(2)22-17(24)14-5-4-6-15(19)16(14)20/h4-6,12-13,21H,3,7-11H2,1-2H3,(H,22,24). The van der Waals surface area contributed by atoms with Gasteiger partial charge in [-0.25, -0.2) is 0 Å². The molecule has 0 radical (unpaired) electrons.